The third-order valence-electron chi connectivity index (χ3n) is 7.94. The Hall–Kier alpha value is -4.68. The Morgan fingerprint density at radius 1 is 0.600 bits per heavy atom. The Kier molecular flexibility index (Phi) is 11.0. The van der Waals surface area contributed by atoms with Crippen molar-refractivity contribution in [2.75, 3.05) is 6.54 Å². The van der Waals surface area contributed by atoms with Crippen molar-refractivity contribution in [3.05, 3.63) is 140 Å². The van der Waals surface area contributed by atoms with Crippen LogP contribution in [0.4, 0.5) is 35.1 Å². The molecule has 4 aromatic rings. The summed E-state index contributed by atoms with van der Waals surface area (Å²) < 4.78 is 111. The number of rotatable bonds is 5. The molecule has 14 heteroatoms. The van der Waals surface area contributed by atoms with E-state index in [0.717, 1.165) is 24.3 Å². The molecule has 1 N–H and O–H groups in total. The van der Waals surface area contributed by atoms with E-state index < -0.39 is 63.6 Å². The quantitative estimate of drug-likeness (QED) is 0.207. The fourth-order valence-corrected chi connectivity index (χ4v) is 6.25. The van der Waals surface area contributed by atoms with Crippen LogP contribution in [0.3, 0.4) is 0 Å². The molecule has 0 spiro atoms. The molecule has 0 aliphatic carbocycles. The van der Waals surface area contributed by atoms with Crippen LogP contribution < -0.4 is 5.32 Å². The minimum atomic E-state index is -1.17. The van der Waals surface area contributed by atoms with E-state index in [1.807, 2.05) is 0 Å². The lowest BCUT2D eigenvalue weighted by Crippen LogP contribution is -2.33. The zero-order chi connectivity index (χ0) is 36.4. The number of nitrogens with zero attached hydrogens (tertiary/aromatic N) is 1. The van der Waals surface area contributed by atoms with Gasteiger partial charge in [0.2, 0.25) is 11.8 Å². The van der Waals surface area contributed by atoms with Crippen molar-refractivity contribution in [2.24, 2.45) is 0 Å². The number of carbonyl (C=O) groups excluding carboxylic acids is 2. The highest BCUT2D eigenvalue weighted by Gasteiger charge is 2.32. The summed E-state index contributed by atoms with van der Waals surface area (Å²) in [6, 6.07) is 9.34. The lowest BCUT2D eigenvalue weighted by Gasteiger charge is -2.32. The molecule has 260 valence electrons. The van der Waals surface area contributed by atoms with Gasteiger partial charge in [0.05, 0.1) is 22.5 Å². The fraction of sp³-hybridized carbons (Fsp3) is 0.167. The SMILES string of the molecule is CCN1C(=O)CCC(c2cc(F)ccc2Cl)=C1c1c(F)cc(F)cc1F.O=C1CCC(c2cc(F)ccc2Cl)=C(c2c(F)cc(F)cc2F)N1. The van der Waals surface area contributed by atoms with Crippen molar-refractivity contribution >= 4 is 57.6 Å². The van der Waals surface area contributed by atoms with Crippen LogP contribution >= 0.6 is 23.2 Å². The molecule has 0 unspecified atom stereocenters. The zero-order valence-corrected chi connectivity index (χ0v) is 27.4. The van der Waals surface area contributed by atoms with Crippen molar-refractivity contribution in [1.82, 2.24) is 10.2 Å². The number of hydrogen-bond acceptors (Lipinski definition) is 2. The first-order chi connectivity index (χ1) is 23.7. The molecule has 0 radical (unpaired) electrons. The number of carbonyl (C=O) groups is 2. The molecule has 4 aromatic carbocycles. The molecular weight excluding hydrogens is 715 g/mol. The van der Waals surface area contributed by atoms with Crippen LogP contribution in [-0.4, -0.2) is 23.3 Å². The van der Waals surface area contributed by atoms with Gasteiger partial charge in [-0.3, -0.25) is 9.59 Å². The van der Waals surface area contributed by atoms with Crippen LogP contribution in [0.25, 0.3) is 22.5 Å². The highest BCUT2D eigenvalue weighted by Crippen LogP contribution is 2.42. The number of halogens is 10. The summed E-state index contributed by atoms with van der Waals surface area (Å²) in [6.45, 7) is 1.79. The standard InChI is InChI=1S/C19H14ClF4NO.C17H10ClF4NO/c1-2-25-17(26)6-4-12(13-7-10(21)3-5-14(13)20)19(25)18-15(23)8-11(22)9-16(18)24;18-12-3-1-8(19)5-11(12)10-2-4-15(24)23-17(10)16-13(21)6-9(20)7-14(16)22/h3,5,7-9H,2,4,6H2,1H3;1,3,5-7H,2,4H2,(H,23,24). The average Bonchev–Trinajstić information content (AvgIpc) is 3.03. The largest absolute Gasteiger partial charge is 0.325 e. The molecule has 0 atom stereocenters. The maximum absolute atomic E-state index is 14.4. The van der Waals surface area contributed by atoms with Gasteiger partial charge in [-0.05, 0) is 67.3 Å². The molecule has 0 saturated heterocycles. The number of amides is 2. The number of benzene rings is 4. The summed E-state index contributed by atoms with van der Waals surface area (Å²) in [7, 11) is 0. The van der Waals surface area contributed by atoms with Crippen molar-refractivity contribution in [2.45, 2.75) is 32.6 Å². The minimum absolute atomic E-state index is 0.0498. The Morgan fingerprint density at radius 2 is 1.06 bits per heavy atom. The third-order valence-corrected chi connectivity index (χ3v) is 8.60. The number of allylic oxidation sites excluding steroid dienone is 2. The average molecular weight is 739 g/mol. The Balaban J connectivity index is 0.000000195. The van der Waals surface area contributed by atoms with Crippen LogP contribution in [0.15, 0.2) is 60.7 Å². The van der Waals surface area contributed by atoms with Crippen LogP contribution in [0.2, 0.25) is 10.0 Å². The van der Waals surface area contributed by atoms with Gasteiger partial charge in [-0.1, -0.05) is 23.2 Å². The predicted octanol–water partition coefficient (Wildman–Crippen LogP) is 10.1. The van der Waals surface area contributed by atoms with Gasteiger partial charge in [0.1, 0.15) is 46.5 Å². The van der Waals surface area contributed by atoms with Crippen LogP contribution in [0.5, 0.6) is 0 Å². The van der Waals surface area contributed by atoms with E-state index in [2.05, 4.69) is 5.32 Å². The van der Waals surface area contributed by atoms with Gasteiger partial charge in [-0.2, -0.15) is 0 Å². The van der Waals surface area contributed by atoms with Crippen LogP contribution in [0.1, 0.15) is 54.9 Å². The number of nitrogens with one attached hydrogen (secondary N) is 1. The molecule has 0 bridgehead atoms. The lowest BCUT2D eigenvalue weighted by molar-refractivity contribution is -0.128. The van der Waals surface area contributed by atoms with E-state index in [0.29, 0.717) is 29.8 Å². The smallest absolute Gasteiger partial charge is 0.227 e. The maximum Gasteiger partial charge on any atom is 0.227 e. The molecule has 2 aliphatic rings. The summed E-state index contributed by atoms with van der Waals surface area (Å²) in [5.41, 5.74) is -0.259. The van der Waals surface area contributed by atoms with Crippen LogP contribution in [-0.2, 0) is 9.59 Å². The second-order valence-electron chi connectivity index (χ2n) is 11.1. The summed E-state index contributed by atoms with van der Waals surface area (Å²) in [4.78, 5) is 25.2. The van der Waals surface area contributed by atoms with E-state index in [-0.39, 0.29) is 76.3 Å². The van der Waals surface area contributed by atoms with Crippen molar-refractivity contribution in [3.63, 3.8) is 0 Å². The lowest BCUT2D eigenvalue weighted by atomic mass is 9.90. The second kappa shape index (κ2) is 15.1. The molecule has 2 heterocycles. The molecule has 4 nitrogen and oxygen atoms in total. The van der Waals surface area contributed by atoms with E-state index in [9.17, 15) is 44.7 Å². The van der Waals surface area contributed by atoms with E-state index >= 15 is 0 Å². The Morgan fingerprint density at radius 3 is 1.56 bits per heavy atom. The second-order valence-corrected chi connectivity index (χ2v) is 11.9. The molecular formula is C36H24Cl2F8N2O2. The minimum Gasteiger partial charge on any atom is -0.325 e. The number of hydrogen-bond donors (Lipinski definition) is 1. The summed E-state index contributed by atoms with van der Waals surface area (Å²) in [5, 5.41) is 2.74. The van der Waals surface area contributed by atoms with E-state index in [1.54, 1.807) is 6.92 Å². The third kappa shape index (κ3) is 7.56. The maximum atomic E-state index is 14.4. The van der Waals surface area contributed by atoms with Crippen molar-refractivity contribution in [1.29, 1.82) is 0 Å². The molecule has 0 saturated carbocycles. The van der Waals surface area contributed by atoms with Crippen molar-refractivity contribution < 1.29 is 44.7 Å². The van der Waals surface area contributed by atoms with Gasteiger partial charge in [-0.15, -0.1) is 0 Å². The summed E-state index contributed by atoms with van der Waals surface area (Å²) in [6.07, 6.45) is 0.380. The zero-order valence-electron chi connectivity index (χ0n) is 25.9. The summed E-state index contributed by atoms with van der Waals surface area (Å²) in [5.74, 6) is -8.72. The summed E-state index contributed by atoms with van der Waals surface area (Å²) >= 11 is 12.2. The first-order valence-electron chi connectivity index (χ1n) is 15.0. The van der Waals surface area contributed by atoms with Gasteiger partial charge in [0.15, 0.2) is 0 Å². The normalized spacial score (nSPS) is 14.9. The molecule has 50 heavy (non-hydrogen) atoms. The topological polar surface area (TPSA) is 49.4 Å². The first-order valence-corrected chi connectivity index (χ1v) is 15.7. The fourth-order valence-electron chi connectivity index (χ4n) is 5.79. The van der Waals surface area contributed by atoms with Gasteiger partial charge >= 0.3 is 0 Å². The molecule has 2 amide bonds. The van der Waals surface area contributed by atoms with E-state index in [4.69, 9.17) is 23.2 Å². The molecule has 0 aromatic heterocycles. The Labute approximate surface area is 290 Å². The van der Waals surface area contributed by atoms with Crippen molar-refractivity contribution in [3.8, 4) is 0 Å². The Bertz CT molecular complexity index is 2050. The highest BCUT2D eigenvalue weighted by molar-refractivity contribution is 6.33. The molecule has 2 aliphatic heterocycles. The van der Waals surface area contributed by atoms with Gasteiger partial charge in [0.25, 0.3) is 0 Å². The molecule has 6 rings (SSSR count). The first kappa shape index (κ1) is 36.6. The van der Waals surface area contributed by atoms with Gasteiger partial charge in [-0.25, -0.2) is 35.1 Å². The van der Waals surface area contributed by atoms with E-state index in [1.165, 1.54) is 17.0 Å². The van der Waals surface area contributed by atoms with Crippen LogP contribution in [0, 0.1) is 46.5 Å². The molecule has 0 fully saturated rings. The highest BCUT2D eigenvalue weighted by atomic mass is 35.5. The predicted molar refractivity (Wildman–Crippen MR) is 173 cm³/mol. The van der Waals surface area contributed by atoms with Gasteiger partial charge < -0.3 is 10.2 Å². The monoisotopic (exact) mass is 738 g/mol. The van der Waals surface area contributed by atoms with Gasteiger partial charge in [0, 0.05) is 64.8 Å².